The second kappa shape index (κ2) is 5.04. The van der Waals surface area contributed by atoms with Crippen molar-refractivity contribution in [3.8, 4) is 11.8 Å². The van der Waals surface area contributed by atoms with Gasteiger partial charge in [-0.15, -0.1) is 0 Å². The van der Waals surface area contributed by atoms with Crippen LogP contribution in [-0.4, -0.2) is 17.7 Å². The maximum absolute atomic E-state index is 10.2. The maximum atomic E-state index is 10.2. The molecule has 0 aliphatic heterocycles. The quantitative estimate of drug-likeness (QED) is 0.732. The highest BCUT2D eigenvalue weighted by Crippen LogP contribution is 2.17. The third kappa shape index (κ3) is 2.76. The highest BCUT2D eigenvalue weighted by atomic mass is 16.4. The van der Waals surface area contributed by atoms with Crippen molar-refractivity contribution in [3.63, 3.8) is 0 Å². The fourth-order valence-electron chi connectivity index (χ4n) is 1.59. The predicted octanol–water partition coefficient (Wildman–Crippen LogP) is 2.46. The molecule has 0 aromatic heterocycles. The molecule has 3 nitrogen and oxygen atoms in total. The lowest BCUT2D eigenvalue weighted by Crippen LogP contribution is -2.20. The van der Waals surface area contributed by atoms with Crippen LogP contribution in [-0.2, 0) is 0 Å². The summed E-state index contributed by atoms with van der Waals surface area (Å²) in [6.45, 7) is 0.137. The summed E-state index contributed by atoms with van der Waals surface area (Å²) >= 11 is 0. The summed E-state index contributed by atoms with van der Waals surface area (Å²) in [6, 6.07) is 13.9. The summed E-state index contributed by atoms with van der Waals surface area (Å²) in [5.74, 6) is 5.75. The summed E-state index contributed by atoms with van der Waals surface area (Å²) in [5, 5.41) is 12.8. The number of rotatable bonds is 1. The van der Waals surface area contributed by atoms with E-state index in [0.717, 1.165) is 16.3 Å². The van der Waals surface area contributed by atoms with Crippen LogP contribution in [0.5, 0.6) is 0 Å². The number of hydrogen-bond acceptors (Lipinski definition) is 1. The van der Waals surface area contributed by atoms with Gasteiger partial charge in [0.25, 0.3) is 0 Å². The average Bonchev–Trinajstić information content (AvgIpc) is 2.34. The molecule has 17 heavy (non-hydrogen) atoms. The summed E-state index contributed by atoms with van der Waals surface area (Å²) in [7, 11) is 0. The Morgan fingerprint density at radius 1 is 1.18 bits per heavy atom. The largest absolute Gasteiger partial charge is 0.465 e. The van der Waals surface area contributed by atoms with Gasteiger partial charge in [0, 0.05) is 5.56 Å². The molecule has 0 heterocycles. The van der Waals surface area contributed by atoms with Crippen molar-refractivity contribution >= 4 is 16.9 Å². The molecule has 0 aliphatic carbocycles. The van der Waals surface area contributed by atoms with E-state index in [1.54, 1.807) is 0 Å². The van der Waals surface area contributed by atoms with Crippen molar-refractivity contribution in [2.75, 3.05) is 6.54 Å². The number of fused-ring (bicyclic) bond motifs is 1. The van der Waals surface area contributed by atoms with Crippen molar-refractivity contribution in [2.24, 2.45) is 0 Å². The Hall–Kier alpha value is -2.47. The van der Waals surface area contributed by atoms with Gasteiger partial charge in [-0.25, -0.2) is 4.79 Å². The lowest BCUT2D eigenvalue weighted by atomic mass is 10.1. The first kappa shape index (κ1) is 11.0. The van der Waals surface area contributed by atoms with Crippen molar-refractivity contribution in [1.29, 1.82) is 0 Å². The molecular weight excluding hydrogens is 214 g/mol. The molecule has 1 amide bonds. The molecule has 0 saturated carbocycles. The summed E-state index contributed by atoms with van der Waals surface area (Å²) in [6.07, 6.45) is -1.06. The van der Waals surface area contributed by atoms with E-state index in [-0.39, 0.29) is 6.54 Å². The number of nitrogens with one attached hydrogen (secondary N) is 1. The standard InChI is InChI=1S/C14H11NO2/c16-14(17)15-10-4-8-12-7-3-6-11-5-1-2-9-13(11)12/h1-3,5-7,9,15H,10H2,(H,16,17). The fourth-order valence-corrected chi connectivity index (χ4v) is 1.59. The molecule has 0 atom stereocenters. The smallest absolute Gasteiger partial charge is 0.405 e. The van der Waals surface area contributed by atoms with E-state index in [9.17, 15) is 4.79 Å². The van der Waals surface area contributed by atoms with E-state index in [0.29, 0.717) is 0 Å². The van der Waals surface area contributed by atoms with Gasteiger partial charge in [0.2, 0.25) is 0 Å². The molecule has 0 aliphatic rings. The lowest BCUT2D eigenvalue weighted by Gasteiger charge is -1.99. The molecule has 0 fully saturated rings. The van der Waals surface area contributed by atoms with Gasteiger partial charge in [-0.2, -0.15) is 0 Å². The van der Waals surface area contributed by atoms with Gasteiger partial charge < -0.3 is 10.4 Å². The van der Waals surface area contributed by atoms with E-state index >= 15 is 0 Å². The Kier molecular flexibility index (Phi) is 3.27. The minimum Gasteiger partial charge on any atom is -0.465 e. The van der Waals surface area contributed by atoms with Gasteiger partial charge in [-0.3, -0.25) is 0 Å². The SMILES string of the molecule is O=C(O)NCC#Cc1cccc2ccccc12. The number of benzene rings is 2. The summed E-state index contributed by atoms with van der Waals surface area (Å²) < 4.78 is 0. The van der Waals surface area contributed by atoms with Crippen LogP contribution in [0.4, 0.5) is 4.79 Å². The Morgan fingerprint density at radius 2 is 1.94 bits per heavy atom. The Bertz CT molecular complexity index is 603. The summed E-state index contributed by atoms with van der Waals surface area (Å²) in [5.41, 5.74) is 0.912. The Morgan fingerprint density at radius 3 is 2.76 bits per heavy atom. The predicted molar refractivity (Wildman–Crippen MR) is 66.9 cm³/mol. The van der Waals surface area contributed by atoms with Gasteiger partial charge >= 0.3 is 6.09 Å². The molecule has 0 saturated heterocycles. The van der Waals surface area contributed by atoms with E-state index in [1.165, 1.54) is 0 Å². The van der Waals surface area contributed by atoms with E-state index in [1.807, 2.05) is 42.5 Å². The third-order valence-corrected chi connectivity index (χ3v) is 2.34. The van der Waals surface area contributed by atoms with Crippen LogP contribution in [0.3, 0.4) is 0 Å². The number of amides is 1. The molecule has 0 unspecified atom stereocenters. The number of carbonyl (C=O) groups is 1. The van der Waals surface area contributed by atoms with Crippen LogP contribution >= 0.6 is 0 Å². The molecule has 0 spiro atoms. The first-order valence-corrected chi connectivity index (χ1v) is 5.21. The normalized spacial score (nSPS) is 9.41. The van der Waals surface area contributed by atoms with Gasteiger partial charge in [-0.1, -0.05) is 48.2 Å². The van der Waals surface area contributed by atoms with Crippen molar-refractivity contribution in [2.45, 2.75) is 0 Å². The molecule has 3 heteroatoms. The average molecular weight is 225 g/mol. The second-order valence-corrected chi connectivity index (χ2v) is 3.49. The molecular formula is C14H11NO2. The van der Waals surface area contributed by atoms with Crippen LogP contribution in [0, 0.1) is 11.8 Å². The monoisotopic (exact) mass is 225 g/mol. The molecule has 2 aromatic rings. The van der Waals surface area contributed by atoms with Crippen molar-refractivity contribution in [3.05, 3.63) is 48.0 Å². The lowest BCUT2D eigenvalue weighted by molar-refractivity contribution is 0.196. The first-order chi connectivity index (χ1) is 8.27. The maximum Gasteiger partial charge on any atom is 0.405 e. The van der Waals surface area contributed by atoms with Gasteiger partial charge in [-0.05, 0) is 16.8 Å². The van der Waals surface area contributed by atoms with Crippen LogP contribution in [0.25, 0.3) is 10.8 Å². The zero-order valence-corrected chi connectivity index (χ0v) is 9.10. The van der Waals surface area contributed by atoms with E-state index in [2.05, 4.69) is 17.2 Å². The van der Waals surface area contributed by atoms with Crippen LogP contribution in [0.15, 0.2) is 42.5 Å². The Labute approximate surface area is 99.1 Å². The molecule has 2 N–H and O–H groups in total. The minimum atomic E-state index is -1.06. The third-order valence-electron chi connectivity index (χ3n) is 2.34. The van der Waals surface area contributed by atoms with Crippen molar-refractivity contribution in [1.82, 2.24) is 5.32 Å². The van der Waals surface area contributed by atoms with E-state index < -0.39 is 6.09 Å². The van der Waals surface area contributed by atoms with Gasteiger partial charge in [0.05, 0.1) is 6.54 Å². The molecule has 2 rings (SSSR count). The fraction of sp³-hybridized carbons (Fsp3) is 0.0714. The van der Waals surface area contributed by atoms with Gasteiger partial charge in [0.15, 0.2) is 0 Å². The van der Waals surface area contributed by atoms with E-state index in [4.69, 9.17) is 5.11 Å². The van der Waals surface area contributed by atoms with Crippen LogP contribution in [0.1, 0.15) is 5.56 Å². The van der Waals surface area contributed by atoms with Crippen LogP contribution < -0.4 is 5.32 Å². The van der Waals surface area contributed by atoms with Gasteiger partial charge in [0.1, 0.15) is 0 Å². The molecule has 2 aromatic carbocycles. The highest BCUT2D eigenvalue weighted by Gasteiger charge is 1.96. The zero-order valence-electron chi connectivity index (χ0n) is 9.10. The molecule has 0 radical (unpaired) electrons. The zero-order chi connectivity index (χ0) is 12.1. The number of hydrogen-bond donors (Lipinski definition) is 2. The summed E-state index contributed by atoms with van der Waals surface area (Å²) in [4.78, 5) is 10.2. The molecule has 84 valence electrons. The van der Waals surface area contributed by atoms with Crippen LogP contribution in [0.2, 0.25) is 0 Å². The highest BCUT2D eigenvalue weighted by molar-refractivity contribution is 5.88. The first-order valence-electron chi connectivity index (χ1n) is 5.21. The minimum absolute atomic E-state index is 0.137. The Balaban J connectivity index is 2.26. The topological polar surface area (TPSA) is 49.3 Å². The second-order valence-electron chi connectivity index (χ2n) is 3.49. The number of carboxylic acid groups (broad SMARTS) is 1. The molecule has 0 bridgehead atoms. The van der Waals surface area contributed by atoms with Crippen molar-refractivity contribution < 1.29 is 9.90 Å².